The Morgan fingerprint density at radius 1 is 1.42 bits per heavy atom. The van der Waals surface area contributed by atoms with Gasteiger partial charge in [0, 0.05) is 4.83 Å². The van der Waals surface area contributed by atoms with E-state index < -0.39 is 0 Å². The van der Waals surface area contributed by atoms with Crippen molar-refractivity contribution in [1.29, 1.82) is 0 Å². The van der Waals surface area contributed by atoms with Crippen LogP contribution in [0, 0.1) is 6.92 Å². The third kappa shape index (κ3) is 1.81. The van der Waals surface area contributed by atoms with Gasteiger partial charge in [-0.25, -0.2) is 0 Å². The highest BCUT2D eigenvalue weighted by molar-refractivity contribution is 9.09. The van der Waals surface area contributed by atoms with Crippen LogP contribution in [0.2, 0.25) is 0 Å². The van der Waals surface area contributed by atoms with E-state index in [1.54, 1.807) is 7.11 Å². The third-order valence-electron chi connectivity index (χ3n) is 1.97. The molecule has 0 saturated heterocycles. The zero-order chi connectivity index (χ0) is 9.14. The number of ether oxygens (including phenoxy) is 1. The van der Waals surface area contributed by atoms with Gasteiger partial charge in [-0.3, -0.25) is 0 Å². The molecule has 1 atom stereocenters. The van der Waals surface area contributed by atoms with Gasteiger partial charge in [-0.1, -0.05) is 28.1 Å². The fourth-order valence-electron chi connectivity index (χ4n) is 1.28. The highest BCUT2D eigenvalue weighted by atomic mass is 79.9. The topological polar surface area (TPSA) is 9.23 Å². The molecule has 0 aliphatic rings. The molecule has 0 aliphatic carbocycles. The molecule has 1 rings (SSSR count). The van der Waals surface area contributed by atoms with Crippen molar-refractivity contribution in [2.24, 2.45) is 0 Å². The van der Waals surface area contributed by atoms with E-state index >= 15 is 0 Å². The first-order valence-electron chi connectivity index (χ1n) is 3.94. The third-order valence-corrected chi connectivity index (χ3v) is 2.47. The maximum absolute atomic E-state index is 5.21. The van der Waals surface area contributed by atoms with Crippen molar-refractivity contribution in [3.63, 3.8) is 0 Å². The van der Waals surface area contributed by atoms with Crippen LogP contribution in [0.1, 0.15) is 22.9 Å². The number of alkyl halides is 1. The zero-order valence-corrected chi connectivity index (χ0v) is 9.18. The SMILES string of the molecule is COc1cccc(C(C)Br)c1C. The molecule has 0 fully saturated rings. The Labute approximate surface area is 81.9 Å². The summed E-state index contributed by atoms with van der Waals surface area (Å²) in [7, 11) is 1.70. The van der Waals surface area contributed by atoms with Crippen LogP contribution < -0.4 is 4.74 Å². The molecule has 0 aliphatic heterocycles. The van der Waals surface area contributed by atoms with Gasteiger partial charge in [-0.2, -0.15) is 0 Å². The van der Waals surface area contributed by atoms with Crippen LogP contribution in [0.3, 0.4) is 0 Å². The van der Waals surface area contributed by atoms with E-state index in [9.17, 15) is 0 Å². The van der Waals surface area contributed by atoms with Crippen LogP contribution in [0.4, 0.5) is 0 Å². The molecule has 1 unspecified atom stereocenters. The molecule has 1 aromatic carbocycles. The lowest BCUT2D eigenvalue weighted by molar-refractivity contribution is 0.411. The first-order chi connectivity index (χ1) is 5.66. The summed E-state index contributed by atoms with van der Waals surface area (Å²) < 4.78 is 5.21. The molecule has 12 heavy (non-hydrogen) atoms. The average molecular weight is 229 g/mol. The monoisotopic (exact) mass is 228 g/mol. The van der Waals surface area contributed by atoms with E-state index in [-0.39, 0.29) is 0 Å². The van der Waals surface area contributed by atoms with E-state index in [1.165, 1.54) is 11.1 Å². The highest BCUT2D eigenvalue weighted by Crippen LogP contribution is 2.29. The molecule has 0 aromatic heterocycles. The van der Waals surface area contributed by atoms with Crippen molar-refractivity contribution in [3.8, 4) is 5.75 Å². The van der Waals surface area contributed by atoms with Gasteiger partial charge in [-0.15, -0.1) is 0 Å². The number of hydrogen-bond acceptors (Lipinski definition) is 1. The predicted octanol–water partition coefficient (Wildman–Crippen LogP) is 3.46. The highest BCUT2D eigenvalue weighted by Gasteiger charge is 2.07. The van der Waals surface area contributed by atoms with Crippen molar-refractivity contribution < 1.29 is 4.74 Å². The zero-order valence-electron chi connectivity index (χ0n) is 7.60. The van der Waals surface area contributed by atoms with Gasteiger partial charge in [0.15, 0.2) is 0 Å². The molecule has 1 nitrogen and oxygen atoms in total. The molecule has 0 N–H and O–H groups in total. The number of benzene rings is 1. The van der Waals surface area contributed by atoms with E-state index in [2.05, 4.69) is 35.8 Å². The van der Waals surface area contributed by atoms with E-state index in [0.717, 1.165) is 5.75 Å². The number of hydrogen-bond donors (Lipinski definition) is 0. The second-order valence-electron chi connectivity index (χ2n) is 2.79. The summed E-state index contributed by atoms with van der Waals surface area (Å²) in [5.74, 6) is 0.957. The lowest BCUT2D eigenvalue weighted by atomic mass is 10.1. The second-order valence-corrected chi connectivity index (χ2v) is 4.16. The van der Waals surface area contributed by atoms with E-state index in [1.807, 2.05) is 12.1 Å². The summed E-state index contributed by atoms with van der Waals surface area (Å²) in [6, 6.07) is 6.10. The smallest absolute Gasteiger partial charge is 0.122 e. The van der Waals surface area contributed by atoms with Crippen molar-refractivity contribution >= 4 is 15.9 Å². The van der Waals surface area contributed by atoms with Gasteiger partial charge >= 0.3 is 0 Å². The maximum Gasteiger partial charge on any atom is 0.122 e. The fraction of sp³-hybridized carbons (Fsp3) is 0.400. The van der Waals surface area contributed by atoms with Crippen LogP contribution in [-0.2, 0) is 0 Å². The molecule has 0 saturated carbocycles. The molecule has 0 radical (unpaired) electrons. The summed E-state index contributed by atoms with van der Waals surface area (Å²) in [5, 5.41) is 0. The Kier molecular flexibility index (Phi) is 3.15. The predicted molar refractivity (Wildman–Crippen MR) is 55.1 cm³/mol. The summed E-state index contributed by atoms with van der Waals surface area (Å²) >= 11 is 3.54. The van der Waals surface area contributed by atoms with Crippen molar-refractivity contribution in [2.45, 2.75) is 18.7 Å². The molecule has 0 amide bonds. The molecule has 0 bridgehead atoms. The Morgan fingerprint density at radius 2 is 2.08 bits per heavy atom. The van der Waals surface area contributed by atoms with Crippen LogP contribution in [-0.4, -0.2) is 7.11 Å². The van der Waals surface area contributed by atoms with Gasteiger partial charge in [0.05, 0.1) is 7.11 Å². The van der Waals surface area contributed by atoms with Crippen LogP contribution in [0.25, 0.3) is 0 Å². The summed E-state index contributed by atoms with van der Waals surface area (Å²) in [5.41, 5.74) is 2.50. The largest absolute Gasteiger partial charge is 0.496 e. The van der Waals surface area contributed by atoms with Gasteiger partial charge < -0.3 is 4.74 Å². The Bertz CT molecular complexity index is 269. The second kappa shape index (κ2) is 3.94. The number of rotatable bonds is 2. The van der Waals surface area contributed by atoms with Crippen LogP contribution in [0.15, 0.2) is 18.2 Å². The fourth-order valence-corrected chi connectivity index (χ4v) is 1.78. The normalized spacial score (nSPS) is 12.7. The lowest BCUT2D eigenvalue weighted by Gasteiger charge is -2.11. The van der Waals surface area contributed by atoms with Gasteiger partial charge in [-0.05, 0) is 31.0 Å². The van der Waals surface area contributed by atoms with E-state index in [0.29, 0.717) is 4.83 Å². The quantitative estimate of drug-likeness (QED) is 0.705. The molecule has 2 heteroatoms. The Balaban J connectivity index is 3.14. The molecule has 66 valence electrons. The molecular formula is C10H13BrO. The summed E-state index contributed by atoms with van der Waals surface area (Å²) in [6.45, 7) is 4.19. The standard InChI is InChI=1S/C10H13BrO/c1-7-9(8(2)11)5-4-6-10(7)12-3/h4-6,8H,1-3H3. The van der Waals surface area contributed by atoms with Crippen molar-refractivity contribution in [1.82, 2.24) is 0 Å². The first kappa shape index (κ1) is 9.59. The Hall–Kier alpha value is -0.500. The summed E-state index contributed by atoms with van der Waals surface area (Å²) in [4.78, 5) is 0.382. The minimum absolute atomic E-state index is 0.382. The van der Waals surface area contributed by atoms with Crippen molar-refractivity contribution in [3.05, 3.63) is 29.3 Å². The Morgan fingerprint density at radius 3 is 2.58 bits per heavy atom. The molecule has 1 aromatic rings. The minimum atomic E-state index is 0.382. The number of methoxy groups -OCH3 is 1. The molecular weight excluding hydrogens is 216 g/mol. The average Bonchev–Trinajstić information content (AvgIpc) is 2.04. The lowest BCUT2D eigenvalue weighted by Crippen LogP contribution is -1.93. The van der Waals surface area contributed by atoms with Gasteiger partial charge in [0.1, 0.15) is 5.75 Å². The van der Waals surface area contributed by atoms with Gasteiger partial charge in [0.25, 0.3) is 0 Å². The van der Waals surface area contributed by atoms with Crippen LogP contribution >= 0.6 is 15.9 Å². The number of halogens is 1. The molecule has 0 spiro atoms. The summed E-state index contributed by atoms with van der Waals surface area (Å²) in [6.07, 6.45) is 0. The van der Waals surface area contributed by atoms with Crippen LogP contribution in [0.5, 0.6) is 5.75 Å². The van der Waals surface area contributed by atoms with E-state index in [4.69, 9.17) is 4.74 Å². The molecule has 0 heterocycles. The van der Waals surface area contributed by atoms with Crippen molar-refractivity contribution in [2.75, 3.05) is 7.11 Å². The minimum Gasteiger partial charge on any atom is -0.496 e. The maximum atomic E-state index is 5.21. The van der Waals surface area contributed by atoms with Gasteiger partial charge in [0.2, 0.25) is 0 Å². The first-order valence-corrected chi connectivity index (χ1v) is 4.86.